The number of hydrogen-bond donors (Lipinski definition) is 1. The van der Waals surface area contributed by atoms with Crippen molar-refractivity contribution in [2.45, 2.75) is 6.92 Å². The Morgan fingerprint density at radius 2 is 2.38 bits per heavy atom. The summed E-state index contributed by atoms with van der Waals surface area (Å²) in [6.07, 6.45) is 0. The maximum atomic E-state index is 11.2. The molecular formula is C8H13N3OS. The lowest BCUT2D eigenvalue weighted by Crippen LogP contribution is -2.26. The van der Waals surface area contributed by atoms with Gasteiger partial charge in [-0.2, -0.15) is 0 Å². The van der Waals surface area contributed by atoms with Crippen LogP contribution >= 0.6 is 11.3 Å². The van der Waals surface area contributed by atoms with Gasteiger partial charge in [-0.1, -0.05) is 0 Å². The smallest absolute Gasteiger partial charge is 0.240 e. The zero-order valence-electron chi connectivity index (χ0n) is 8.00. The van der Waals surface area contributed by atoms with E-state index in [9.17, 15) is 4.79 Å². The summed E-state index contributed by atoms with van der Waals surface area (Å²) in [5.74, 6) is -0.0284. The third-order valence-corrected chi connectivity index (χ3v) is 2.20. The molecule has 0 aliphatic carbocycles. The lowest BCUT2D eigenvalue weighted by Gasteiger charge is -2.07. The maximum absolute atomic E-state index is 11.2. The zero-order chi connectivity index (χ0) is 9.84. The van der Waals surface area contributed by atoms with Gasteiger partial charge in [0.05, 0.1) is 12.2 Å². The molecule has 1 amide bonds. The van der Waals surface area contributed by atoms with Gasteiger partial charge in [-0.05, 0) is 21.0 Å². The summed E-state index contributed by atoms with van der Waals surface area (Å²) in [4.78, 5) is 17.2. The van der Waals surface area contributed by atoms with Gasteiger partial charge in [-0.3, -0.25) is 4.79 Å². The zero-order valence-corrected chi connectivity index (χ0v) is 8.81. The number of aryl methyl sites for hydroxylation is 1. The first-order valence-corrected chi connectivity index (χ1v) is 4.82. The molecule has 4 nitrogen and oxygen atoms in total. The van der Waals surface area contributed by atoms with Gasteiger partial charge in [0.1, 0.15) is 0 Å². The van der Waals surface area contributed by atoms with Crippen LogP contribution in [-0.2, 0) is 4.79 Å². The average Bonchev–Trinajstić information content (AvgIpc) is 2.33. The highest BCUT2D eigenvalue weighted by molar-refractivity contribution is 7.13. The summed E-state index contributed by atoms with van der Waals surface area (Å²) in [5.41, 5.74) is 0.935. The van der Waals surface area contributed by atoms with Gasteiger partial charge in [0, 0.05) is 5.38 Å². The van der Waals surface area contributed by atoms with Crippen molar-refractivity contribution in [1.82, 2.24) is 9.88 Å². The van der Waals surface area contributed by atoms with Crippen molar-refractivity contribution in [3.63, 3.8) is 0 Å². The maximum Gasteiger partial charge on any atom is 0.240 e. The van der Waals surface area contributed by atoms with Crippen LogP contribution in [0.2, 0.25) is 0 Å². The number of nitrogens with zero attached hydrogens (tertiary/aromatic N) is 2. The average molecular weight is 199 g/mol. The summed E-state index contributed by atoms with van der Waals surface area (Å²) in [6, 6.07) is 0. The van der Waals surface area contributed by atoms with E-state index >= 15 is 0 Å². The van der Waals surface area contributed by atoms with E-state index in [0.29, 0.717) is 11.7 Å². The van der Waals surface area contributed by atoms with Gasteiger partial charge in [-0.25, -0.2) is 4.98 Å². The lowest BCUT2D eigenvalue weighted by molar-refractivity contribution is -0.116. The summed E-state index contributed by atoms with van der Waals surface area (Å²) >= 11 is 1.44. The highest BCUT2D eigenvalue weighted by Gasteiger charge is 2.05. The van der Waals surface area contributed by atoms with Gasteiger partial charge in [-0.15, -0.1) is 11.3 Å². The molecular weight excluding hydrogens is 186 g/mol. The molecule has 0 unspecified atom stereocenters. The fourth-order valence-electron chi connectivity index (χ4n) is 0.857. The molecule has 0 aliphatic rings. The van der Waals surface area contributed by atoms with E-state index in [1.807, 2.05) is 31.3 Å². The molecule has 0 atom stereocenters. The number of rotatable bonds is 3. The molecule has 1 aromatic heterocycles. The number of nitrogens with one attached hydrogen (secondary N) is 1. The Morgan fingerprint density at radius 1 is 1.69 bits per heavy atom. The Bertz CT molecular complexity index is 295. The SMILES string of the molecule is Cc1csc(NC(=O)CN(C)C)n1. The first-order valence-electron chi connectivity index (χ1n) is 3.94. The van der Waals surface area contributed by atoms with E-state index in [-0.39, 0.29) is 5.91 Å². The third kappa shape index (κ3) is 3.52. The number of hydrogen-bond acceptors (Lipinski definition) is 4. The second kappa shape index (κ2) is 4.34. The van der Waals surface area contributed by atoms with Crippen molar-refractivity contribution in [3.05, 3.63) is 11.1 Å². The molecule has 1 rings (SSSR count). The Morgan fingerprint density at radius 3 is 2.85 bits per heavy atom. The highest BCUT2D eigenvalue weighted by Crippen LogP contribution is 2.13. The molecule has 0 aromatic carbocycles. The molecule has 0 saturated carbocycles. The molecule has 0 fully saturated rings. The summed E-state index contributed by atoms with van der Waals surface area (Å²) in [7, 11) is 3.71. The predicted octanol–water partition coefficient (Wildman–Crippen LogP) is 0.952. The highest BCUT2D eigenvalue weighted by atomic mass is 32.1. The number of amides is 1. The van der Waals surface area contributed by atoms with Crippen LogP contribution in [0.15, 0.2) is 5.38 Å². The Kier molecular flexibility index (Phi) is 3.39. The number of aromatic nitrogens is 1. The van der Waals surface area contributed by atoms with Crippen LogP contribution in [0.3, 0.4) is 0 Å². The van der Waals surface area contributed by atoms with Crippen LogP contribution in [0.5, 0.6) is 0 Å². The minimum Gasteiger partial charge on any atom is -0.301 e. The van der Waals surface area contributed by atoms with E-state index in [2.05, 4.69) is 10.3 Å². The number of carbonyl (C=O) groups is 1. The quantitative estimate of drug-likeness (QED) is 0.788. The summed E-state index contributed by atoms with van der Waals surface area (Å²) in [5, 5.41) is 5.30. The van der Waals surface area contributed by atoms with Crippen LogP contribution in [0.1, 0.15) is 5.69 Å². The van der Waals surface area contributed by atoms with Gasteiger partial charge in [0.2, 0.25) is 5.91 Å². The van der Waals surface area contributed by atoms with Crippen LogP contribution in [0, 0.1) is 6.92 Å². The normalized spacial score (nSPS) is 10.5. The molecule has 1 aromatic rings. The van der Waals surface area contributed by atoms with E-state index in [1.54, 1.807) is 0 Å². The predicted molar refractivity (Wildman–Crippen MR) is 54.0 cm³/mol. The second-order valence-corrected chi connectivity index (χ2v) is 3.94. The Hall–Kier alpha value is -0.940. The number of anilines is 1. The second-order valence-electron chi connectivity index (χ2n) is 3.08. The third-order valence-electron chi connectivity index (χ3n) is 1.33. The van der Waals surface area contributed by atoms with Gasteiger partial charge >= 0.3 is 0 Å². The van der Waals surface area contributed by atoms with Gasteiger partial charge in [0.15, 0.2) is 5.13 Å². The fraction of sp³-hybridized carbons (Fsp3) is 0.500. The minimum absolute atomic E-state index is 0.0284. The lowest BCUT2D eigenvalue weighted by atomic mass is 10.5. The molecule has 0 aliphatic heterocycles. The topological polar surface area (TPSA) is 45.2 Å². The Balaban J connectivity index is 2.45. The molecule has 5 heteroatoms. The van der Waals surface area contributed by atoms with E-state index in [1.165, 1.54) is 11.3 Å². The molecule has 1 heterocycles. The van der Waals surface area contributed by atoms with Crippen molar-refractivity contribution < 1.29 is 4.79 Å². The van der Waals surface area contributed by atoms with Crippen molar-refractivity contribution in [2.75, 3.05) is 26.0 Å². The van der Waals surface area contributed by atoms with Crippen LogP contribution in [0.25, 0.3) is 0 Å². The summed E-state index contributed by atoms with van der Waals surface area (Å²) < 4.78 is 0. The van der Waals surface area contributed by atoms with Crippen molar-refractivity contribution in [2.24, 2.45) is 0 Å². The number of likely N-dealkylation sites (N-methyl/N-ethyl adjacent to an activating group) is 1. The largest absolute Gasteiger partial charge is 0.301 e. The minimum atomic E-state index is -0.0284. The molecule has 1 N–H and O–H groups in total. The van der Waals surface area contributed by atoms with E-state index in [0.717, 1.165) is 5.69 Å². The molecule has 0 radical (unpaired) electrons. The fourth-order valence-corrected chi connectivity index (χ4v) is 1.56. The standard InChI is InChI=1S/C8H13N3OS/c1-6-5-13-8(9-6)10-7(12)4-11(2)3/h5H,4H2,1-3H3,(H,9,10,12). The van der Waals surface area contributed by atoms with Crippen molar-refractivity contribution in [1.29, 1.82) is 0 Å². The Labute approximate surface area is 81.6 Å². The van der Waals surface area contributed by atoms with Crippen LogP contribution in [-0.4, -0.2) is 36.4 Å². The molecule has 0 bridgehead atoms. The molecule has 13 heavy (non-hydrogen) atoms. The number of carbonyl (C=O) groups excluding carboxylic acids is 1. The van der Waals surface area contributed by atoms with Crippen LogP contribution < -0.4 is 5.32 Å². The summed E-state index contributed by atoms with van der Waals surface area (Å²) in [6.45, 7) is 2.29. The number of thiazole rings is 1. The molecule has 0 spiro atoms. The van der Waals surface area contributed by atoms with Crippen molar-refractivity contribution >= 4 is 22.4 Å². The molecule has 72 valence electrons. The monoisotopic (exact) mass is 199 g/mol. The van der Waals surface area contributed by atoms with Gasteiger partial charge < -0.3 is 10.2 Å². The first-order chi connectivity index (χ1) is 6.08. The van der Waals surface area contributed by atoms with E-state index < -0.39 is 0 Å². The van der Waals surface area contributed by atoms with Crippen molar-refractivity contribution in [3.8, 4) is 0 Å². The van der Waals surface area contributed by atoms with Crippen LogP contribution in [0.4, 0.5) is 5.13 Å². The van der Waals surface area contributed by atoms with E-state index in [4.69, 9.17) is 0 Å². The molecule has 0 saturated heterocycles. The first kappa shape index (κ1) is 10.1. The van der Waals surface area contributed by atoms with Gasteiger partial charge in [0.25, 0.3) is 0 Å².